The molecule has 2 N–H and O–H groups in total. The lowest BCUT2D eigenvalue weighted by molar-refractivity contribution is 0.791. The highest BCUT2D eigenvalue weighted by Gasteiger charge is 2.06. The molecule has 0 aliphatic carbocycles. The lowest BCUT2D eigenvalue weighted by Gasteiger charge is -2.00. The van der Waals surface area contributed by atoms with Gasteiger partial charge < -0.3 is 4.98 Å². The minimum atomic E-state index is 0.485. The summed E-state index contributed by atoms with van der Waals surface area (Å²) in [6.07, 6.45) is 0. The van der Waals surface area contributed by atoms with E-state index < -0.39 is 0 Å². The minimum absolute atomic E-state index is 0.485. The van der Waals surface area contributed by atoms with Gasteiger partial charge >= 0.3 is 0 Å². The SMILES string of the molecule is Cc1[nH]c2ccccc2c1CNCCl. The number of aryl methyl sites for hydroxylation is 1. The zero-order chi connectivity index (χ0) is 9.97. The molecule has 0 aliphatic heterocycles. The number of aromatic nitrogens is 1. The van der Waals surface area contributed by atoms with Crippen molar-refractivity contribution in [3.05, 3.63) is 35.5 Å². The second-order valence-corrected chi connectivity index (χ2v) is 3.60. The van der Waals surface area contributed by atoms with E-state index in [0.29, 0.717) is 6.00 Å². The molecule has 74 valence electrons. The van der Waals surface area contributed by atoms with Crippen molar-refractivity contribution >= 4 is 22.5 Å². The van der Waals surface area contributed by atoms with Crippen LogP contribution in [0.3, 0.4) is 0 Å². The van der Waals surface area contributed by atoms with Gasteiger partial charge in [-0.3, -0.25) is 5.32 Å². The van der Waals surface area contributed by atoms with E-state index in [1.165, 1.54) is 22.2 Å². The molecule has 2 rings (SSSR count). The fraction of sp³-hybridized carbons (Fsp3) is 0.273. The molecule has 0 spiro atoms. The van der Waals surface area contributed by atoms with Crippen molar-refractivity contribution in [2.45, 2.75) is 13.5 Å². The smallest absolute Gasteiger partial charge is 0.0716 e. The molecule has 0 aliphatic rings. The highest BCUT2D eigenvalue weighted by Crippen LogP contribution is 2.21. The standard InChI is InChI=1S/C11H13ClN2/c1-8-10(6-13-7-12)9-4-2-3-5-11(9)14-8/h2-5,13-14H,6-7H2,1H3. The van der Waals surface area contributed by atoms with E-state index in [-0.39, 0.29) is 0 Å². The molecule has 0 atom stereocenters. The summed E-state index contributed by atoms with van der Waals surface area (Å²) in [7, 11) is 0. The zero-order valence-corrected chi connectivity index (χ0v) is 8.86. The first-order valence-corrected chi connectivity index (χ1v) is 5.19. The number of benzene rings is 1. The van der Waals surface area contributed by atoms with Crippen LogP contribution in [0.15, 0.2) is 24.3 Å². The largest absolute Gasteiger partial charge is 0.358 e. The van der Waals surface area contributed by atoms with Gasteiger partial charge in [-0.05, 0) is 18.6 Å². The predicted molar refractivity (Wildman–Crippen MR) is 60.6 cm³/mol. The van der Waals surface area contributed by atoms with Gasteiger partial charge in [-0.15, -0.1) is 11.6 Å². The van der Waals surface area contributed by atoms with Gasteiger partial charge in [0, 0.05) is 23.1 Å². The fourth-order valence-corrected chi connectivity index (χ4v) is 1.83. The number of H-pyrrole nitrogens is 1. The summed E-state index contributed by atoms with van der Waals surface area (Å²) >= 11 is 5.60. The Morgan fingerprint density at radius 1 is 1.36 bits per heavy atom. The van der Waals surface area contributed by atoms with Crippen LogP contribution >= 0.6 is 11.6 Å². The summed E-state index contributed by atoms with van der Waals surface area (Å²) < 4.78 is 0. The second kappa shape index (κ2) is 4.03. The summed E-state index contributed by atoms with van der Waals surface area (Å²) in [6, 6.07) is 8.80. The fourth-order valence-electron chi connectivity index (χ4n) is 1.73. The number of alkyl halides is 1. The Morgan fingerprint density at radius 3 is 2.93 bits per heavy atom. The molecule has 14 heavy (non-hydrogen) atoms. The van der Waals surface area contributed by atoms with Crippen LogP contribution in [0.25, 0.3) is 10.9 Å². The Labute approximate surface area is 88.3 Å². The van der Waals surface area contributed by atoms with E-state index >= 15 is 0 Å². The van der Waals surface area contributed by atoms with Crippen LogP contribution in [0.2, 0.25) is 0 Å². The third-order valence-electron chi connectivity index (χ3n) is 2.42. The maximum Gasteiger partial charge on any atom is 0.0716 e. The number of para-hydroxylation sites is 1. The van der Waals surface area contributed by atoms with Crippen LogP contribution in [0.1, 0.15) is 11.3 Å². The summed E-state index contributed by atoms with van der Waals surface area (Å²) in [6.45, 7) is 2.91. The van der Waals surface area contributed by atoms with Crippen LogP contribution in [-0.4, -0.2) is 11.0 Å². The summed E-state index contributed by atoms with van der Waals surface area (Å²) in [5.41, 5.74) is 3.71. The maximum atomic E-state index is 5.60. The normalized spacial score (nSPS) is 11.0. The van der Waals surface area contributed by atoms with Crippen LogP contribution in [-0.2, 0) is 6.54 Å². The first-order valence-electron chi connectivity index (χ1n) is 4.66. The molecule has 0 unspecified atom stereocenters. The molecular weight excluding hydrogens is 196 g/mol. The number of nitrogens with one attached hydrogen (secondary N) is 2. The number of hydrogen-bond donors (Lipinski definition) is 2. The quantitative estimate of drug-likeness (QED) is 0.589. The van der Waals surface area contributed by atoms with E-state index in [1.807, 2.05) is 6.07 Å². The maximum absolute atomic E-state index is 5.60. The monoisotopic (exact) mass is 208 g/mol. The second-order valence-electron chi connectivity index (χ2n) is 3.33. The van der Waals surface area contributed by atoms with Crippen molar-refractivity contribution in [3.8, 4) is 0 Å². The molecule has 0 fully saturated rings. The Morgan fingerprint density at radius 2 is 2.14 bits per heavy atom. The highest BCUT2D eigenvalue weighted by molar-refractivity contribution is 6.17. The van der Waals surface area contributed by atoms with Crippen molar-refractivity contribution in [2.24, 2.45) is 0 Å². The van der Waals surface area contributed by atoms with Crippen LogP contribution < -0.4 is 5.32 Å². The van der Waals surface area contributed by atoms with Crippen molar-refractivity contribution in [2.75, 3.05) is 6.00 Å². The molecule has 3 heteroatoms. The third-order valence-corrected chi connectivity index (χ3v) is 2.61. The molecule has 1 aromatic carbocycles. The van der Waals surface area contributed by atoms with Gasteiger partial charge in [0.05, 0.1) is 6.00 Å². The minimum Gasteiger partial charge on any atom is -0.358 e. The summed E-state index contributed by atoms with van der Waals surface area (Å²) in [5, 5.41) is 4.41. The molecule has 0 bridgehead atoms. The number of rotatable bonds is 3. The van der Waals surface area contributed by atoms with E-state index in [9.17, 15) is 0 Å². The molecule has 2 nitrogen and oxygen atoms in total. The molecule has 1 aromatic heterocycles. The van der Waals surface area contributed by atoms with Gasteiger partial charge in [-0.25, -0.2) is 0 Å². The third kappa shape index (κ3) is 1.63. The van der Waals surface area contributed by atoms with Crippen molar-refractivity contribution in [3.63, 3.8) is 0 Å². The van der Waals surface area contributed by atoms with E-state index in [4.69, 9.17) is 11.6 Å². The van der Waals surface area contributed by atoms with Crippen molar-refractivity contribution in [1.29, 1.82) is 0 Å². The van der Waals surface area contributed by atoms with Gasteiger partial charge in [0.25, 0.3) is 0 Å². The van der Waals surface area contributed by atoms with Crippen molar-refractivity contribution < 1.29 is 0 Å². The van der Waals surface area contributed by atoms with Gasteiger partial charge in [-0.2, -0.15) is 0 Å². The van der Waals surface area contributed by atoms with Gasteiger partial charge in [0.15, 0.2) is 0 Å². The number of aromatic amines is 1. The van der Waals surface area contributed by atoms with E-state index in [1.54, 1.807) is 0 Å². The van der Waals surface area contributed by atoms with Gasteiger partial charge in [0.2, 0.25) is 0 Å². The lowest BCUT2D eigenvalue weighted by Crippen LogP contribution is -2.10. The van der Waals surface area contributed by atoms with E-state index in [0.717, 1.165) is 6.54 Å². The first-order chi connectivity index (χ1) is 6.83. The summed E-state index contributed by atoms with van der Waals surface area (Å²) in [4.78, 5) is 3.35. The average molecular weight is 209 g/mol. The number of hydrogen-bond acceptors (Lipinski definition) is 1. The topological polar surface area (TPSA) is 27.8 Å². The molecule has 2 aromatic rings. The Bertz CT molecular complexity index is 434. The first kappa shape index (κ1) is 9.56. The van der Waals surface area contributed by atoms with E-state index in [2.05, 4.69) is 35.4 Å². The van der Waals surface area contributed by atoms with Crippen LogP contribution in [0.5, 0.6) is 0 Å². The molecule has 0 radical (unpaired) electrons. The number of fused-ring (bicyclic) bond motifs is 1. The van der Waals surface area contributed by atoms with Crippen LogP contribution in [0.4, 0.5) is 0 Å². The highest BCUT2D eigenvalue weighted by atomic mass is 35.5. The molecule has 0 amide bonds. The molecule has 1 heterocycles. The zero-order valence-electron chi connectivity index (χ0n) is 8.10. The Balaban J connectivity index is 2.45. The van der Waals surface area contributed by atoms with Crippen LogP contribution in [0, 0.1) is 6.92 Å². The van der Waals surface area contributed by atoms with Gasteiger partial charge in [-0.1, -0.05) is 18.2 Å². The average Bonchev–Trinajstić information content (AvgIpc) is 2.51. The Kier molecular flexibility index (Phi) is 2.75. The van der Waals surface area contributed by atoms with Gasteiger partial charge in [0.1, 0.15) is 0 Å². The predicted octanol–water partition coefficient (Wildman–Crippen LogP) is 2.76. The summed E-state index contributed by atoms with van der Waals surface area (Å²) in [5.74, 6) is 0. The molecule has 0 saturated heterocycles. The van der Waals surface area contributed by atoms with Crippen molar-refractivity contribution in [1.82, 2.24) is 10.3 Å². The Hall–Kier alpha value is -0.990. The lowest BCUT2D eigenvalue weighted by atomic mass is 10.1. The molecular formula is C11H13ClN2. The molecule has 0 saturated carbocycles. The number of halogens is 1.